The fourth-order valence-corrected chi connectivity index (χ4v) is 1.36. The van der Waals surface area contributed by atoms with E-state index in [-0.39, 0.29) is 19.1 Å². The van der Waals surface area contributed by atoms with Gasteiger partial charge in [-0.2, -0.15) is 0 Å². The van der Waals surface area contributed by atoms with Crippen LogP contribution < -0.4 is 4.74 Å². The van der Waals surface area contributed by atoms with Gasteiger partial charge in [0.25, 0.3) is 5.91 Å². The lowest BCUT2D eigenvalue weighted by Crippen LogP contribution is -2.36. The van der Waals surface area contributed by atoms with Crippen LogP contribution in [0, 0.1) is 5.92 Å². The van der Waals surface area contributed by atoms with Gasteiger partial charge in [-0.3, -0.25) is 9.59 Å². The van der Waals surface area contributed by atoms with E-state index in [2.05, 4.69) is 0 Å². The summed E-state index contributed by atoms with van der Waals surface area (Å²) in [5.41, 5.74) is 0. The highest BCUT2D eigenvalue weighted by Crippen LogP contribution is 2.08. The summed E-state index contributed by atoms with van der Waals surface area (Å²) in [5.74, 6) is -1.13. The number of rotatable bonds is 6. The molecule has 1 aromatic carbocycles. The van der Waals surface area contributed by atoms with E-state index in [1.807, 2.05) is 18.2 Å². The molecule has 0 saturated carbocycles. The highest BCUT2D eigenvalue weighted by atomic mass is 16.5. The zero-order valence-corrected chi connectivity index (χ0v) is 10.5. The SMILES string of the molecule is CC(CN(C)C(=O)COc1ccccc1)C(=O)O. The molecule has 0 radical (unpaired) electrons. The number of para-hydroxylation sites is 1. The molecule has 1 amide bonds. The van der Waals surface area contributed by atoms with Gasteiger partial charge in [0.05, 0.1) is 5.92 Å². The van der Waals surface area contributed by atoms with Gasteiger partial charge in [0, 0.05) is 13.6 Å². The predicted octanol–water partition coefficient (Wildman–Crippen LogP) is 1.24. The number of benzene rings is 1. The van der Waals surface area contributed by atoms with E-state index in [9.17, 15) is 9.59 Å². The lowest BCUT2D eigenvalue weighted by Gasteiger charge is -2.19. The van der Waals surface area contributed by atoms with Crippen molar-refractivity contribution in [3.63, 3.8) is 0 Å². The molecule has 0 saturated heterocycles. The maximum atomic E-state index is 11.7. The van der Waals surface area contributed by atoms with E-state index in [1.165, 1.54) is 4.90 Å². The van der Waals surface area contributed by atoms with Crippen LogP contribution in [-0.4, -0.2) is 42.1 Å². The molecule has 1 N–H and O–H groups in total. The molecule has 0 aliphatic rings. The first-order valence-corrected chi connectivity index (χ1v) is 5.65. The molecule has 0 heterocycles. The second-order valence-corrected chi connectivity index (χ2v) is 4.12. The van der Waals surface area contributed by atoms with Crippen molar-refractivity contribution in [3.8, 4) is 5.75 Å². The predicted molar refractivity (Wildman–Crippen MR) is 66.4 cm³/mol. The average Bonchev–Trinajstić information content (AvgIpc) is 2.36. The fraction of sp³-hybridized carbons (Fsp3) is 0.385. The Hall–Kier alpha value is -2.04. The van der Waals surface area contributed by atoms with Crippen molar-refractivity contribution in [2.24, 2.45) is 5.92 Å². The van der Waals surface area contributed by atoms with Gasteiger partial charge in [0.2, 0.25) is 0 Å². The van der Waals surface area contributed by atoms with Gasteiger partial charge in [-0.05, 0) is 12.1 Å². The minimum atomic E-state index is -0.918. The number of hydrogen-bond donors (Lipinski definition) is 1. The molecule has 0 bridgehead atoms. The summed E-state index contributed by atoms with van der Waals surface area (Å²) in [6, 6.07) is 9.00. The largest absolute Gasteiger partial charge is 0.484 e. The van der Waals surface area contributed by atoms with Crippen LogP contribution in [-0.2, 0) is 9.59 Å². The molecule has 5 nitrogen and oxygen atoms in total. The van der Waals surface area contributed by atoms with Gasteiger partial charge >= 0.3 is 5.97 Å². The van der Waals surface area contributed by atoms with Crippen molar-refractivity contribution in [1.82, 2.24) is 4.90 Å². The third-order valence-corrected chi connectivity index (χ3v) is 2.50. The van der Waals surface area contributed by atoms with Crippen LogP contribution in [0.3, 0.4) is 0 Å². The molecule has 18 heavy (non-hydrogen) atoms. The van der Waals surface area contributed by atoms with Crippen LogP contribution in [0.5, 0.6) is 5.75 Å². The lowest BCUT2D eigenvalue weighted by molar-refractivity contribution is -0.143. The van der Waals surface area contributed by atoms with Crippen molar-refractivity contribution in [2.45, 2.75) is 6.92 Å². The number of carbonyl (C=O) groups is 2. The molecular formula is C13H17NO4. The van der Waals surface area contributed by atoms with Gasteiger partial charge in [0.15, 0.2) is 6.61 Å². The molecule has 1 aromatic rings. The molecular weight excluding hydrogens is 234 g/mol. The minimum absolute atomic E-state index is 0.0904. The number of ether oxygens (including phenoxy) is 1. The number of aliphatic carboxylic acids is 1. The normalized spacial score (nSPS) is 11.7. The number of carboxylic acid groups (broad SMARTS) is 1. The summed E-state index contributed by atoms with van der Waals surface area (Å²) in [5, 5.41) is 8.75. The Morgan fingerprint density at radius 1 is 1.33 bits per heavy atom. The second-order valence-electron chi connectivity index (χ2n) is 4.12. The second kappa shape index (κ2) is 6.64. The van der Waals surface area contributed by atoms with E-state index < -0.39 is 11.9 Å². The number of carbonyl (C=O) groups excluding carboxylic acids is 1. The standard InChI is InChI=1S/C13H17NO4/c1-10(13(16)17)8-14(2)12(15)9-18-11-6-4-3-5-7-11/h3-7,10H,8-9H2,1-2H3,(H,16,17). The zero-order chi connectivity index (χ0) is 13.5. The Balaban J connectivity index is 2.39. The van der Waals surface area contributed by atoms with Crippen LogP contribution in [0.2, 0.25) is 0 Å². The lowest BCUT2D eigenvalue weighted by atomic mass is 10.2. The first-order valence-electron chi connectivity index (χ1n) is 5.65. The zero-order valence-electron chi connectivity index (χ0n) is 10.5. The number of likely N-dealkylation sites (N-methyl/N-ethyl adjacent to an activating group) is 1. The summed E-state index contributed by atoms with van der Waals surface area (Å²) in [4.78, 5) is 23.7. The quantitative estimate of drug-likeness (QED) is 0.826. The van der Waals surface area contributed by atoms with Gasteiger partial charge in [-0.1, -0.05) is 25.1 Å². The van der Waals surface area contributed by atoms with Crippen LogP contribution in [0.15, 0.2) is 30.3 Å². The highest BCUT2D eigenvalue weighted by Gasteiger charge is 2.17. The first kappa shape index (κ1) is 14.0. The topological polar surface area (TPSA) is 66.8 Å². The van der Waals surface area contributed by atoms with Crippen LogP contribution in [0.25, 0.3) is 0 Å². The maximum Gasteiger partial charge on any atom is 0.308 e. The first-order chi connectivity index (χ1) is 8.50. The summed E-state index contributed by atoms with van der Waals surface area (Å²) >= 11 is 0. The summed E-state index contributed by atoms with van der Waals surface area (Å²) in [6.07, 6.45) is 0. The van der Waals surface area contributed by atoms with Crippen molar-refractivity contribution in [1.29, 1.82) is 0 Å². The Labute approximate surface area is 106 Å². The molecule has 0 fully saturated rings. The molecule has 1 unspecified atom stereocenters. The van der Waals surface area contributed by atoms with Crippen LogP contribution in [0.1, 0.15) is 6.92 Å². The maximum absolute atomic E-state index is 11.7. The van der Waals surface area contributed by atoms with Gasteiger partial charge < -0.3 is 14.7 Å². The smallest absolute Gasteiger partial charge is 0.308 e. The van der Waals surface area contributed by atoms with Gasteiger partial charge in [-0.25, -0.2) is 0 Å². The molecule has 98 valence electrons. The highest BCUT2D eigenvalue weighted by molar-refractivity contribution is 5.78. The molecule has 1 atom stereocenters. The number of carboxylic acids is 1. The summed E-state index contributed by atoms with van der Waals surface area (Å²) in [6.45, 7) is 1.64. The van der Waals surface area contributed by atoms with Crippen molar-refractivity contribution >= 4 is 11.9 Å². The average molecular weight is 251 g/mol. The summed E-state index contributed by atoms with van der Waals surface area (Å²) < 4.78 is 5.29. The number of amides is 1. The van der Waals surface area contributed by atoms with E-state index in [0.29, 0.717) is 5.75 Å². The summed E-state index contributed by atoms with van der Waals surface area (Å²) in [7, 11) is 1.57. The molecule has 0 aliphatic carbocycles. The van der Waals surface area contributed by atoms with E-state index in [4.69, 9.17) is 9.84 Å². The van der Waals surface area contributed by atoms with Gasteiger partial charge in [-0.15, -0.1) is 0 Å². The molecule has 0 aliphatic heterocycles. The van der Waals surface area contributed by atoms with Crippen molar-refractivity contribution in [3.05, 3.63) is 30.3 Å². The van der Waals surface area contributed by atoms with E-state index >= 15 is 0 Å². The molecule has 5 heteroatoms. The third-order valence-electron chi connectivity index (χ3n) is 2.50. The minimum Gasteiger partial charge on any atom is -0.484 e. The Kier molecular flexibility index (Phi) is 5.17. The van der Waals surface area contributed by atoms with E-state index in [1.54, 1.807) is 26.1 Å². The molecule has 0 spiro atoms. The van der Waals surface area contributed by atoms with Crippen molar-refractivity contribution < 1.29 is 19.4 Å². The van der Waals surface area contributed by atoms with Crippen LogP contribution in [0.4, 0.5) is 0 Å². The molecule has 0 aromatic heterocycles. The van der Waals surface area contributed by atoms with E-state index in [0.717, 1.165) is 0 Å². The third kappa shape index (κ3) is 4.45. The Morgan fingerprint density at radius 2 is 1.94 bits per heavy atom. The Bertz CT molecular complexity index is 405. The van der Waals surface area contributed by atoms with Crippen LogP contribution >= 0.6 is 0 Å². The monoisotopic (exact) mass is 251 g/mol. The van der Waals surface area contributed by atoms with Crippen molar-refractivity contribution in [2.75, 3.05) is 20.2 Å². The molecule has 1 rings (SSSR count). The fourth-order valence-electron chi connectivity index (χ4n) is 1.36. The number of nitrogens with zero attached hydrogens (tertiary/aromatic N) is 1. The number of hydrogen-bond acceptors (Lipinski definition) is 3. The Morgan fingerprint density at radius 3 is 2.50 bits per heavy atom. The van der Waals surface area contributed by atoms with Gasteiger partial charge in [0.1, 0.15) is 5.75 Å².